The number of carbonyl (C=O) groups is 1. The molecule has 0 bridgehead atoms. The summed E-state index contributed by atoms with van der Waals surface area (Å²) in [6.07, 6.45) is 0. The molecule has 0 unspecified atom stereocenters. The molecule has 2 aromatic rings. The van der Waals surface area contributed by atoms with Gasteiger partial charge < -0.3 is 9.47 Å². The number of hydrogen-bond acceptors (Lipinski definition) is 3. The topological polar surface area (TPSA) is 35.5 Å². The molecule has 0 atom stereocenters. The van der Waals surface area contributed by atoms with E-state index in [0.29, 0.717) is 5.56 Å². The molecule has 0 radical (unpaired) electrons. The van der Waals surface area contributed by atoms with Gasteiger partial charge in [0.05, 0.1) is 19.8 Å². The number of rotatable bonds is 4. The molecule has 0 saturated carbocycles. The Morgan fingerprint density at radius 2 is 1.95 bits per heavy atom. The van der Waals surface area contributed by atoms with Crippen LogP contribution in [0.15, 0.2) is 42.5 Å². The van der Waals surface area contributed by atoms with Crippen LogP contribution >= 0.6 is 15.9 Å². The molecule has 0 amide bonds. The lowest BCUT2D eigenvalue weighted by molar-refractivity contribution is 0.0601. The van der Waals surface area contributed by atoms with Gasteiger partial charge in [-0.05, 0) is 35.4 Å². The number of ether oxygens (including phenoxy) is 2. The van der Waals surface area contributed by atoms with Gasteiger partial charge in [0.1, 0.15) is 5.75 Å². The van der Waals surface area contributed by atoms with Gasteiger partial charge >= 0.3 is 5.97 Å². The number of hydrogen-bond donors (Lipinski definition) is 0. The van der Waals surface area contributed by atoms with Gasteiger partial charge in [0, 0.05) is 10.9 Å². The Morgan fingerprint density at radius 3 is 2.60 bits per heavy atom. The third-order valence-electron chi connectivity index (χ3n) is 3.01. The van der Waals surface area contributed by atoms with E-state index in [0.717, 1.165) is 27.8 Å². The van der Waals surface area contributed by atoms with Crippen LogP contribution in [0, 0.1) is 0 Å². The van der Waals surface area contributed by atoms with E-state index in [-0.39, 0.29) is 5.97 Å². The van der Waals surface area contributed by atoms with Crippen molar-refractivity contribution in [3.05, 3.63) is 53.6 Å². The van der Waals surface area contributed by atoms with Crippen molar-refractivity contribution < 1.29 is 14.3 Å². The summed E-state index contributed by atoms with van der Waals surface area (Å²) in [7, 11) is 3.01. The summed E-state index contributed by atoms with van der Waals surface area (Å²) in [5.74, 6) is 0.430. The molecule has 0 heterocycles. The van der Waals surface area contributed by atoms with Gasteiger partial charge in [-0.2, -0.15) is 0 Å². The molecule has 0 saturated heterocycles. The fraction of sp³-hybridized carbons (Fsp3) is 0.188. The van der Waals surface area contributed by atoms with Gasteiger partial charge in [-0.1, -0.05) is 34.1 Å². The van der Waals surface area contributed by atoms with Crippen molar-refractivity contribution in [1.82, 2.24) is 0 Å². The lowest BCUT2D eigenvalue weighted by atomic mass is 10.0. The third-order valence-corrected chi connectivity index (χ3v) is 3.66. The Balaban J connectivity index is 2.52. The van der Waals surface area contributed by atoms with Crippen molar-refractivity contribution in [2.75, 3.05) is 14.2 Å². The molecule has 0 aromatic heterocycles. The molecule has 0 aliphatic rings. The van der Waals surface area contributed by atoms with Gasteiger partial charge in [-0.25, -0.2) is 4.79 Å². The lowest BCUT2D eigenvalue weighted by Gasteiger charge is -2.11. The van der Waals surface area contributed by atoms with E-state index >= 15 is 0 Å². The monoisotopic (exact) mass is 334 g/mol. The van der Waals surface area contributed by atoms with E-state index in [1.165, 1.54) is 7.11 Å². The van der Waals surface area contributed by atoms with Crippen LogP contribution in [-0.2, 0) is 10.1 Å². The summed E-state index contributed by atoms with van der Waals surface area (Å²) in [6.45, 7) is 0. The first kappa shape index (κ1) is 14.6. The summed E-state index contributed by atoms with van der Waals surface area (Å²) >= 11 is 3.44. The van der Waals surface area contributed by atoms with E-state index in [4.69, 9.17) is 9.47 Å². The van der Waals surface area contributed by atoms with E-state index in [9.17, 15) is 4.79 Å². The Hall–Kier alpha value is -1.81. The SMILES string of the molecule is COC(=O)c1cccc(-c2cc(CBr)ccc2OC)c1. The predicted molar refractivity (Wildman–Crippen MR) is 82.4 cm³/mol. The molecule has 0 N–H and O–H groups in total. The van der Waals surface area contributed by atoms with E-state index in [1.54, 1.807) is 13.2 Å². The van der Waals surface area contributed by atoms with Crippen molar-refractivity contribution in [2.45, 2.75) is 5.33 Å². The third kappa shape index (κ3) is 3.02. The standard InChI is InChI=1S/C16H15BrO3/c1-19-15-7-6-11(10-17)8-14(15)12-4-3-5-13(9-12)16(18)20-2/h3-9H,10H2,1-2H3. The number of esters is 1. The molecular weight excluding hydrogens is 320 g/mol. The zero-order chi connectivity index (χ0) is 14.5. The van der Waals surface area contributed by atoms with Gasteiger partial charge in [0.25, 0.3) is 0 Å². The second-order valence-corrected chi connectivity index (χ2v) is 4.80. The molecule has 4 heteroatoms. The predicted octanol–water partition coefficient (Wildman–Crippen LogP) is 4.04. The maximum atomic E-state index is 11.6. The van der Waals surface area contributed by atoms with Gasteiger partial charge in [0.2, 0.25) is 0 Å². The van der Waals surface area contributed by atoms with Crippen molar-refractivity contribution in [2.24, 2.45) is 0 Å². The smallest absolute Gasteiger partial charge is 0.337 e. The van der Waals surface area contributed by atoms with E-state index in [1.807, 2.05) is 36.4 Å². The zero-order valence-electron chi connectivity index (χ0n) is 11.4. The molecule has 3 nitrogen and oxygen atoms in total. The van der Waals surface area contributed by atoms with E-state index < -0.39 is 0 Å². The zero-order valence-corrected chi connectivity index (χ0v) is 12.9. The fourth-order valence-corrected chi connectivity index (χ4v) is 2.34. The first-order chi connectivity index (χ1) is 9.69. The highest BCUT2D eigenvalue weighted by Crippen LogP contribution is 2.32. The van der Waals surface area contributed by atoms with Gasteiger partial charge in [0.15, 0.2) is 0 Å². The highest BCUT2D eigenvalue weighted by Gasteiger charge is 2.10. The summed E-state index contributed by atoms with van der Waals surface area (Å²) < 4.78 is 10.1. The number of alkyl halides is 1. The number of carbonyl (C=O) groups excluding carboxylic acids is 1. The number of methoxy groups -OCH3 is 2. The molecular formula is C16H15BrO3. The molecule has 2 rings (SSSR count). The summed E-state index contributed by atoms with van der Waals surface area (Å²) in [5, 5.41) is 0.765. The van der Waals surface area contributed by atoms with Crippen LogP contribution in [0.4, 0.5) is 0 Å². The second kappa shape index (κ2) is 6.57. The molecule has 20 heavy (non-hydrogen) atoms. The quantitative estimate of drug-likeness (QED) is 0.625. The fourth-order valence-electron chi connectivity index (χ4n) is 2.00. The normalized spacial score (nSPS) is 10.2. The second-order valence-electron chi connectivity index (χ2n) is 4.24. The van der Waals surface area contributed by atoms with Crippen molar-refractivity contribution in [1.29, 1.82) is 0 Å². The Morgan fingerprint density at radius 1 is 1.15 bits per heavy atom. The molecule has 0 aliphatic carbocycles. The van der Waals surface area contributed by atoms with E-state index in [2.05, 4.69) is 15.9 Å². The van der Waals surface area contributed by atoms with Crippen LogP contribution in [0.2, 0.25) is 0 Å². The molecule has 2 aromatic carbocycles. The first-order valence-corrected chi connectivity index (χ1v) is 7.23. The Kier molecular flexibility index (Phi) is 4.79. The minimum absolute atomic E-state index is 0.345. The maximum absolute atomic E-state index is 11.6. The number of benzene rings is 2. The average Bonchev–Trinajstić information content (AvgIpc) is 2.53. The summed E-state index contributed by atoms with van der Waals surface area (Å²) in [5.41, 5.74) is 3.54. The van der Waals surface area contributed by atoms with Crippen LogP contribution in [-0.4, -0.2) is 20.2 Å². The van der Waals surface area contributed by atoms with Crippen molar-refractivity contribution in [3.8, 4) is 16.9 Å². The Bertz CT molecular complexity index is 623. The van der Waals surface area contributed by atoms with Crippen molar-refractivity contribution in [3.63, 3.8) is 0 Å². The largest absolute Gasteiger partial charge is 0.496 e. The maximum Gasteiger partial charge on any atom is 0.337 e. The molecule has 0 fully saturated rings. The lowest BCUT2D eigenvalue weighted by Crippen LogP contribution is -2.01. The van der Waals surface area contributed by atoms with Crippen LogP contribution < -0.4 is 4.74 Å². The van der Waals surface area contributed by atoms with Crippen LogP contribution in [0.1, 0.15) is 15.9 Å². The van der Waals surface area contributed by atoms with Crippen LogP contribution in [0.5, 0.6) is 5.75 Å². The minimum Gasteiger partial charge on any atom is -0.496 e. The van der Waals surface area contributed by atoms with Gasteiger partial charge in [-0.15, -0.1) is 0 Å². The molecule has 104 valence electrons. The molecule has 0 spiro atoms. The Labute approximate surface area is 126 Å². The summed E-state index contributed by atoms with van der Waals surface area (Å²) in [4.78, 5) is 11.6. The first-order valence-electron chi connectivity index (χ1n) is 6.11. The van der Waals surface area contributed by atoms with Crippen LogP contribution in [0.3, 0.4) is 0 Å². The summed E-state index contributed by atoms with van der Waals surface area (Å²) in [6, 6.07) is 13.3. The highest BCUT2D eigenvalue weighted by molar-refractivity contribution is 9.08. The van der Waals surface area contributed by atoms with Crippen molar-refractivity contribution >= 4 is 21.9 Å². The number of halogens is 1. The average molecular weight is 335 g/mol. The highest BCUT2D eigenvalue weighted by atomic mass is 79.9. The van der Waals surface area contributed by atoms with Crippen LogP contribution in [0.25, 0.3) is 11.1 Å². The minimum atomic E-state index is -0.345. The van der Waals surface area contributed by atoms with Gasteiger partial charge in [-0.3, -0.25) is 0 Å². The molecule has 0 aliphatic heterocycles.